The number of nitrogens with zero attached hydrogens (tertiary/aromatic N) is 1. The number of piperazine rings is 1. The molecule has 0 spiro atoms. The molecule has 1 unspecified atom stereocenters. The van der Waals surface area contributed by atoms with Gasteiger partial charge in [-0.05, 0) is 37.5 Å². The summed E-state index contributed by atoms with van der Waals surface area (Å²) >= 11 is 0. The van der Waals surface area contributed by atoms with Crippen molar-refractivity contribution in [3.8, 4) is 0 Å². The zero-order valence-electron chi connectivity index (χ0n) is 10.6. The zero-order chi connectivity index (χ0) is 11.5. The molecule has 1 saturated heterocycles. The van der Waals surface area contributed by atoms with E-state index in [-0.39, 0.29) is 0 Å². The van der Waals surface area contributed by atoms with Gasteiger partial charge in [-0.1, -0.05) is 18.2 Å². The van der Waals surface area contributed by atoms with Gasteiger partial charge in [0.15, 0.2) is 0 Å². The maximum absolute atomic E-state index is 3.43. The van der Waals surface area contributed by atoms with Gasteiger partial charge in [0, 0.05) is 32.2 Å². The van der Waals surface area contributed by atoms with E-state index in [4.69, 9.17) is 0 Å². The van der Waals surface area contributed by atoms with Crippen LogP contribution in [0.4, 0.5) is 0 Å². The monoisotopic (exact) mass is 218 g/mol. The van der Waals surface area contributed by atoms with Crippen molar-refractivity contribution < 1.29 is 0 Å². The van der Waals surface area contributed by atoms with E-state index in [0.29, 0.717) is 6.04 Å². The minimum Gasteiger partial charge on any atom is -0.314 e. The van der Waals surface area contributed by atoms with Crippen LogP contribution in [-0.2, 0) is 6.54 Å². The summed E-state index contributed by atoms with van der Waals surface area (Å²) in [6.07, 6.45) is 0. The SMILES string of the molecule is Cc1cccc(CN2CCNCC2C)c1C. The fraction of sp³-hybridized carbons (Fsp3) is 0.571. The molecule has 1 aromatic rings. The van der Waals surface area contributed by atoms with Crippen LogP contribution in [0.1, 0.15) is 23.6 Å². The van der Waals surface area contributed by atoms with E-state index < -0.39 is 0 Å². The average Bonchev–Trinajstić information content (AvgIpc) is 2.28. The van der Waals surface area contributed by atoms with E-state index in [0.717, 1.165) is 26.2 Å². The Hall–Kier alpha value is -0.860. The highest BCUT2D eigenvalue weighted by Crippen LogP contribution is 2.16. The van der Waals surface area contributed by atoms with Crippen LogP contribution in [-0.4, -0.2) is 30.6 Å². The molecule has 1 N–H and O–H groups in total. The molecule has 2 nitrogen and oxygen atoms in total. The molecule has 16 heavy (non-hydrogen) atoms. The Morgan fingerprint density at radius 2 is 2.19 bits per heavy atom. The minimum atomic E-state index is 0.647. The van der Waals surface area contributed by atoms with Crippen LogP contribution >= 0.6 is 0 Å². The molecule has 0 aliphatic carbocycles. The number of nitrogens with one attached hydrogen (secondary N) is 1. The lowest BCUT2D eigenvalue weighted by atomic mass is 10.0. The van der Waals surface area contributed by atoms with E-state index in [2.05, 4.69) is 49.2 Å². The van der Waals surface area contributed by atoms with E-state index in [1.54, 1.807) is 0 Å². The number of hydrogen-bond donors (Lipinski definition) is 1. The van der Waals surface area contributed by atoms with Crippen molar-refractivity contribution in [2.45, 2.75) is 33.4 Å². The van der Waals surface area contributed by atoms with E-state index in [1.165, 1.54) is 16.7 Å². The van der Waals surface area contributed by atoms with Gasteiger partial charge in [-0.3, -0.25) is 4.90 Å². The van der Waals surface area contributed by atoms with Crippen molar-refractivity contribution in [2.24, 2.45) is 0 Å². The molecule has 1 atom stereocenters. The summed E-state index contributed by atoms with van der Waals surface area (Å²) in [6.45, 7) is 11.2. The van der Waals surface area contributed by atoms with Crippen molar-refractivity contribution in [3.63, 3.8) is 0 Å². The molecule has 0 amide bonds. The van der Waals surface area contributed by atoms with Crippen LogP contribution in [0.25, 0.3) is 0 Å². The summed E-state index contributed by atoms with van der Waals surface area (Å²) in [5.41, 5.74) is 4.34. The lowest BCUT2D eigenvalue weighted by molar-refractivity contribution is 0.165. The molecule has 0 bridgehead atoms. The predicted octanol–water partition coefficient (Wildman–Crippen LogP) is 2.10. The molecule has 2 rings (SSSR count). The third kappa shape index (κ3) is 2.45. The van der Waals surface area contributed by atoms with Gasteiger partial charge in [0.1, 0.15) is 0 Å². The van der Waals surface area contributed by atoms with E-state index in [1.807, 2.05) is 0 Å². The molecule has 1 fully saturated rings. The standard InChI is InChI=1S/C14H22N2/c1-11-5-4-6-14(13(11)3)10-16-8-7-15-9-12(16)2/h4-6,12,15H,7-10H2,1-3H3. The average molecular weight is 218 g/mol. The molecule has 0 radical (unpaired) electrons. The highest BCUT2D eigenvalue weighted by atomic mass is 15.2. The molecule has 1 heterocycles. The summed E-state index contributed by atoms with van der Waals surface area (Å²) in [6, 6.07) is 7.27. The van der Waals surface area contributed by atoms with Crippen molar-refractivity contribution in [1.29, 1.82) is 0 Å². The van der Waals surface area contributed by atoms with Crippen molar-refractivity contribution in [1.82, 2.24) is 10.2 Å². The first kappa shape index (κ1) is 11.6. The van der Waals surface area contributed by atoms with Gasteiger partial charge in [0.05, 0.1) is 0 Å². The van der Waals surface area contributed by atoms with Crippen LogP contribution < -0.4 is 5.32 Å². The Kier molecular flexibility index (Phi) is 3.62. The number of benzene rings is 1. The van der Waals surface area contributed by atoms with Crippen LogP contribution in [0, 0.1) is 13.8 Å². The van der Waals surface area contributed by atoms with Gasteiger partial charge in [-0.15, -0.1) is 0 Å². The second-order valence-corrected chi connectivity index (χ2v) is 4.88. The molecular formula is C14H22N2. The normalized spacial score (nSPS) is 22.3. The smallest absolute Gasteiger partial charge is 0.0240 e. The lowest BCUT2D eigenvalue weighted by Gasteiger charge is -2.34. The van der Waals surface area contributed by atoms with Crippen LogP contribution in [0.3, 0.4) is 0 Å². The summed E-state index contributed by atoms with van der Waals surface area (Å²) in [5, 5.41) is 3.43. The van der Waals surface area contributed by atoms with E-state index >= 15 is 0 Å². The van der Waals surface area contributed by atoms with Gasteiger partial charge in [-0.25, -0.2) is 0 Å². The fourth-order valence-electron chi connectivity index (χ4n) is 2.32. The van der Waals surface area contributed by atoms with Gasteiger partial charge < -0.3 is 5.32 Å². The highest BCUT2D eigenvalue weighted by molar-refractivity contribution is 5.33. The van der Waals surface area contributed by atoms with Crippen molar-refractivity contribution in [2.75, 3.05) is 19.6 Å². The number of aryl methyl sites for hydroxylation is 1. The van der Waals surface area contributed by atoms with Crippen LogP contribution in [0.15, 0.2) is 18.2 Å². The van der Waals surface area contributed by atoms with Crippen LogP contribution in [0.5, 0.6) is 0 Å². The van der Waals surface area contributed by atoms with Gasteiger partial charge in [0.2, 0.25) is 0 Å². The maximum Gasteiger partial charge on any atom is 0.0240 e. The Morgan fingerprint density at radius 1 is 1.38 bits per heavy atom. The molecule has 1 aromatic carbocycles. The number of rotatable bonds is 2. The van der Waals surface area contributed by atoms with Gasteiger partial charge >= 0.3 is 0 Å². The zero-order valence-corrected chi connectivity index (χ0v) is 10.6. The third-order valence-electron chi connectivity index (χ3n) is 3.73. The molecule has 2 heteroatoms. The summed E-state index contributed by atoms with van der Waals surface area (Å²) in [7, 11) is 0. The quantitative estimate of drug-likeness (QED) is 0.818. The molecular weight excluding hydrogens is 196 g/mol. The Bertz CT molecular complexity index is 360. The summed E-state index contributed by atoms with van der Waals surface area (Å²) in [4.78, 5) is 2.57. The minimum absolute atomic E-state index is 0.647. The number of hydrogen-bond acceptors (Lipinski definition) is 2. The van der Waals surface area contributed by atoms with Gasteiger partial charge in [-0.2, -0.15) is 0 Å². The molecule has 88 valence electrons. The van der Waals surface area contributed by atoms with Crippen molar-refractivity contribution in [3.05, 3.63) is 34.9 Å². The van der Waals surface area contributed by atoms with E-state index in [9.17, 15) is 0 Å². The van der Waals surface area contributed by atoms with Gasteiger partial charge in [0.25, 0.3) is 0 Å². The maximum atomic E-state index is 3.43. The fourth-order valence-corrected chi connectivity index (χ4v) is 2.32. The lowest BCUT2D eigenvalue weighted by Crippen LogP contribution is -2.49. The Balaban J connectivity index is 2.10. The highest BCUT2D eigenvalue weighted by Gasteiger charge is 2.18. The molecule has 1 aliphatic rings. The first-order valence-corrected chi connectivity index (χ1v) is 6.18. The topological polar surface area (TPSA) is 15.3 Å². The third-order valence-corrected chi connectivity index (χ3v) is 3.73. The molecule has 1 aliphatic heterocycles. The largest absolute Gasteiger partial charge is 0.314 e. The second-order valence-electron chi connectivity index (χ2n) is 4.88. The summed E-state index contributed by atoms with van der Waals surface area (Å²) < 4.78 is 0. The van der Waals surface area contributed by atoms with Crippen molar-refractivity contribution >= 4 is 0 Å². The molecule has 0 saturated carbocycles. The van der Waals surface area contributed by atoms with Crippen LogP contribution in [0.2, 0.25) is 0 Å². The second kappa shape index (κ2) is 4.98. The first-order chi connectivity index (χ1) is 7.68. The first-order valence-electron chi connectivity index (χ1n) is 6.18. The molecule has 0 aromatic heterocycles. The summed E-state index contributed by atoms with van der Waals surface area (Å²) in [5.74, 6) is 0. The Morgan fingerprint density at radius 3 is 2.94 bits per heavy atom. The Labute approximate surface area is 98.7 Å². The predicted molar refractivity (Wildman–Crippen MR) is 68.7 cm³/mol.